The summed E-state index contributed by atoms with van der Waals surface area (Å²) in [5.74, 6) is 0. The third-order valence-electron chi connectivity index (χ3n) is 3.30. The Morgan fingerprint density at radius 1 is 1.52 bits per heavy atom. The van der Waals surface area contributed by atoms with Crippen molar-refractivity contribution in [3.8, 4) is 0 Å². The van der Waals surface area contributed by atoms with Gasteiger partial charge in [-0.2, -0.15) is 0 Å². The average molecular weight is 312 g/mol. The number of amides is 1. The molecule has 6 heteroatoms. The quantitative estimate of drug-likeness (QED) is 0.850. The Labute approximate surface area is 130 Å². The molecule has 0 aliphatic carbocycles. The van der Waals surface area contributed by atoms with E-state index in [0.717, 1.165) is 17.7 Å². The van der Waals surface area contributed by atoms with Gasteiger partial charge in [0.1, 0.15) is 5.60 Å². The number of ether oxygens (including phenoxy) is 1. The summed E-state index contributed by atoms with van der Waals surface area (Å²) in [6, 6.07) is 2.08. The molecule has 0 saturated carbocycles. The van der Waals surface area contributed by atoms with E-state index in [1.165, 1.54) is 0 Å². The van der Waals surface area contributed by atoms with Crippen molar-refractivity contribution in [2.75, 3.05) is 18.4 Å². The number of pyridine rings is 1. The summed E-state index contributed by atoms with van der Waals surface area (Å²) in [7, 11) is 0. The zero-order valence-electron chi connectivity index (χ0n) is 12.9. The zero-order valence-corrected chi connectivity index (χ0v) is 13.7. The van der Waals surface area contributed by atoms with Gasteiger partial charge in [-0.15, -0.1) is 0 Å². The fraction of sp³-hybridized carbons (Fsp3) is 0.600. The second-order valence-electron chi connectivity index (χ2n) is 6.35. The molecule has 1 aromatic heterocycles. The highest BCUT2D eigenvalue weighted by Gasteiger charge is 2.30. The Morgan fingerprint density at radius 2 is 2.24 bits per heavy atom. The molecule has 1 aliphatic rings. The van der Waals surface area contributed by atoms with Crippen molar-refractivity contribution < 1.29 is 9.53 Å². The van der Waals surface area contributed by atoms with Gasteiger partial charge in [0.15, 0.2) is 5.15 Å². The number of aromatic nitrogens is 1. The van der Waals surface area contributed by atoms with Crippen LogP contribution >= 0.6 is 11.6 Å². The first-order valence-corrected chi connectivity index (χ1v) is 7.49. The van der Waals surface area contributed by atoms with Gasteiger partial charge in [-0.1, -0.05) is 11.6 Å². The van der Waals surface area contributed by atoms with Gasteiger partial charge in [0.05, 0.1) is 5.69 Å². The standard InChI is InChI=1S/C15H22ClN3O2/c1-10-5-7-17-13(16)12(10)18-11-6-8-19(9-11)14(20)21-15(2,3)4/h5,7,11,18H,6,8-9H2,1-4H3. The van der Waals surface area contributed by atoms with Crippen LogP contribution in [-0.2, 0) is 4.74 Å². The first kappa shape index (κ1) is 15.9. The van der Waals surface area contributed by atoms with Gasteiger partial charge in [0.25, 0.3) is 0 Å². The minimum atomic E-state index is -0.466. The number of halogens is 1. The molecule has 1 unspecified atom stereocenters. The van der Waals surface area contributed by atoms with Crippen LogP contribution in [0.1, 0.15) is 32.8 Å². The van der Waals surface area contributed by atoms with Gasteiger partial charge in [-0.05, 0) is 45.7 Å². The fourth-order valence-corrected chi connectivity index (χ4v) is 2.53. The third kappa shape index (κ3) is 4.24. The van der Waals surface area contributed by atoms with Crippen LogP contribution in [0.15, 0.2) is 12.3 Å². The summed E-state index contributed by atoms with van der Waals surface area (Å²) in [5.41, 5.74) is 1.42. The molecule has 1 aliphatic heterocycles. The highest BCUT2D eigenvalue weighted by atomic mass is 35.5. The van der Waals surface area contributed by atoms with Crippen LogP contribution in [0, 0.1) is 6.92 Å². The minimum Gasteiger partial charge on any atom is -0.444 e. The zero-order chi connectivity index (χ0) is 15.6. The maximum absolute atomic E-state index is 12.0. The topological polar surface area (TPSA) is 54.5 Å². The predicted molar refractivity (Wildman–Crippen MR) is 83.8 cm³/mol. The van der Waals surface area contributed by atoms with E-state index in [4.69, 9.17) is 16.3 Å². The predicted octanol–water partition coefficient (Wildman–Crippen LogP) is 3.46. The molecule has 1 fully saturated rings. The maximum atomic E-state index is 12.0. The SMILES string of the molecule is Cc1ccnc(Cl)c1NC1CCN(C(=O)OC(C)(C)C)C1. The molecule has 1 amide bonds. The molecule has 21 heavy (non-hydrogen) atoms. The summed E-state index contributed by atoms with van der Waals surface area (Å²) < 4.78 is 5.39. The monoisotopic (exact) mass is 311 g/mol. The van der Waals surface area contributed by atoms with Crippen molar-refractivity contribution in [3.63, 3.8) is 0 Å². The molecule has 0 spiro atoms. The average Bonchev–Trinajstić information content (AvgIpc) is 2.80. The number of nitrogens with zero attached hydrogens (tertiary/aromatic N) is 2. The van der Waals surface area contributed by atoms with E-state index >= 15 is 0 Å². The number of hydrogen-bond acceptors (Lipinski definition) is 4. The molecule has 1 saturated heterocycles. The summed E-state index contributed by atoms with van der Waals surface area (Å²) >= 11 is 6.12. The van der Waals surface area contributed by atoms with Gasteiger partial charge < -0.3 is 15.0 Å². The molecule has 116 valence electrons. The van der Waals surface area contributed by atoms with E-state index in [1.54, 1.807) is 11.1 Å². The third-order valence-corrected chi connectivity index (χ3v) is 3.59. The van der Waals surface area contributed by atoms with Crippen LogP contribution in [-0.4, -0.2) is 40.7 Å². The Kier molecular flexibility index (Phi) is 4.61. The summed E-state index contributed by atoms with van der Waals surface area (Å²) in [5, 5.41) is 3.84. The normalized spacial score (nSPS) is 18.7. The maximum Gasteiger partial charge on any atom is 0.410 e. The second kappa shape index (κ2) is 6.10. The van der Waals surface area contributed by atoms with Gasteiger partial charge in [-0.3, -0.25) is 0 Å². The van der Waals surface area contributed by atoms with E-state index in [9.17, 15) is 4.79 Å². The fourth-order valence-electron chi connectivity index (χ4n) is 2.27. The lowest BCUT2D eigenvalue weighted by molar-refractivity contribution is 0.0293. The molecule has 1 aromatic rings. The Balaban J connectivity index is 1.95. The van der Waals surface area contributed by atoms with Gasteiger partial charge >= 0.3 is 6.09 Å². The van der Waals surface area contributed by atoms with E-state index in [-0.39, 0.29) is 12.1 Å². The van der Waals surface area contributed by atoms with Crippen molar-refractivity contribution >= 4 is 23.4 Å². The number of carbonyl (C=O) groups is 1. The molecular weight excluding hydrogens is 290 g/mol. The highest BCUT2D eigenvalue weighted by molar-refractivity contribution is 6.32. The van der Waals surface area contributed by atoms with E-state index in [0.29, 0.717) is 18.2 Å². The van der Waals surface area contributed by atoms with E-state index in [2.05, 4.69) is 10.3 Å². The number of likely N-dealkylation sites (tertiary alicyclic amines) is 1. The lowest BCUT2D eigenvalue weighted by Crippen LogP contribution is -2.36. The summed E-state index contributed by atoms with van der Waals surface area (Å²) in [6.45, 7) is 8.89. The molecule has 2 heterocycles. The van der Waals surface area contributed by atoms with Crippen LogP contribution in [0.2, 0.25) is 5.15 Å². The number of rotatable bonds is 2. The summed E-state index contributed by atoms with van der Waals surface area (Å²) in [4.78, 5) is 17.8. The molecule has 0 radical (unpaired) electrons. The number of aryl methyl sites for hydroxylation is 1. The highest BCUT2D eigenvalue weighted by Crippen LogP contribution is 2.26. The molecule has 1 N–H and O–H groups in total. The molecule has 1 atom stereocenters. The van der Waals surface area contributed by atoms with Gasteiger partial charge in [0, 0.05) is 25.3 Å². The molecular formula is C15H22ClN3O2. The van der Waals surface area contributed by atoms with Crippen LogP contribution in [0.3, 0.4) is 0 Å². The van der Waals surface area contributed by atoms with Crippen molar-refractivity contribution in [2.45, 2.75) is 45.8 Å². The smallest absolute Gasteiger partial charge is 0.410 e. The van der Waals surface area contributed by atoms with Crippen molar-refractivity contribution in [1.82, 2.24) is 9.88 Å². The largest absolute Gasteiger partial charge is 0.444 e. The molecule has 0 bridgehead atoms. The number of carbonyl (C=O) groups excluding carboxylic acids is 1. The van der Waals surface area contributed by atoms with Crippen LogP contribution < -0.4 is 5.32 Å². The molecule has 5 nitrogen and oxygen atoms in total. The van der Waals surface area contributed by atoms with Crippen LogP contribution in [0.5, 0.6) is 0 Å². The lowest BCUT2D eigenvalue weighted by atomic mass is 10.2. The Bertz CT molecular complexity index is 508. The first-order chi connectivity index (χ1) is 9.76. The Morgan fingerprint density at radius 3 is 2.86 bits per heavy atom. The summed E-state index contributed by atoms with van der Waals surface area (Å²) in [6.07, 6.45) is 2.29. The van der Waals surface area contributed by atoms with Crippen molar-refractivity contribution in [3.05, 3.63) is 23.0 Å². The number of nitrogens with one attached hydrogen (secondary N) is 1. The number of hydrogen-bond donors (Lipinski definition) is 1. The first-order valence-electron chi connectivity index (χ1n) is 7.12. The van der Waals surface area contributed by atoms with E-state index in [1.807, 2.05) is 33.8 Å². The van der Waals surface area contributed by atoms with Gasteiger partial charge in [0.2, 0.25) is 0 Å². The number of anilines is 1. The molecule has 0 aromatic carbocycles. The lowest BCUT2D eigenvalue weighted by Gasteiger charge is -2.24. The molecule has 2 rings (SSSR count). The van der Waals surface area contributed by atoms with Crippen molar-refractivity contribution in [1.29, 1.82) is 0 Å². The minimum absolute atomic E-state index is 0.165. The van der Waals surface area contributed by atoms with E-state index < -0.39 is 5.60 Å². The second-order valence-corrected chi connectivity index (χ2v) is 6.71. The van der Waals surface area contributed by atoms with Crippen LogP contribution in [0.4, 0.5) is 10.5 Å². The van der Waals surface area contributed by atoms with Crippen LogP contribution in [0.25, 0.3) is 0 Å². The van der Waals surface area contributed by atoms with Crippen molar-refractivity contribution in [2.24, 2.45) is 0 Å². The van der Waals surface area contributed by atoms with Gasteiger partial charge in [-0.25, -0.2) is 9.78 Å². The Hall–Kier alpha value is -1.49.